The van der Waals surface area contributed by atoms with Crippen LogP contribution in [0.15, 0.2) is 54.6 Å². The van der Waals surface area contributed by atoms with E-state index in [4.69, 9.17) is 0 Å². The van der Waals surface area contributed by atoms with Gasteiger partial charge >= 0.3 is 0 Å². The first-order valence-electron chi connectivity index (χ1n) is 6.67. The zero-order valence-corrected chi connectivity index (χ0v) is 12.3. The average Bonchev–Trinajstić information content (AvgIpc) is 2.84. The maximum absolute atomic E-state index is 10.9. The Morgan fingerprint density at radius 1 is 1.09 bits per heavy atom. The first-order chi connectivity index (χ1) is 10.6. The minimum atomic E-state index is -0.473. The van der Waals surface area contributed by atoms with E-state index in [0.29, 0.717) is 17.0 Å². The minimum Gasteiger partial charge on any atom is -0.427 e. The number of hydrogen-bond acceptors (Lipinski definition) is 4. The van der Waals surface area contributed by atoms with Gasteiger partial charge in [-0.1, -0.05) is 42.5 Å². The summed E-state index contributed by atoms with van der Waals surface area (Å²) in [6, 6.07) is 15.5. The van der Waals surface area contributed by atoms with Gasteiger partial charge in [0.2, 0.25) is 0 Å². The van der Waals surface area contributed by atoms with Crippen LogP contribution in [0.5, 0.6) is 0 Å². The lowest BCUT2D eigenvalue weighted by molar-refractivity contribution is -0.384. The van der Waals surface area contributed by atoms with Crippen LogP contribution in [-0.2, 0) is 0 Å². The minimum absolute atomic E-state index is 0. The highest BCUT2D eigenvalue weighted by Gasteiger charge is 2.17. The molecule has 0 spiro atoms. The fraction of sp³-hybridized carbons (Fsp3) is 0.0625. The Kier molecular flexibility index (Phi) is 4.42. The number of non-ortho nitro benzene ring substituents is 1. The van der Waals surface area contributed by atoms with Crippen molar-refractivity contribution < 1.29 is 15.6 Å². The van der Waals surface area contributed by atoms with Crippen molar-refractivity contribution >= 4 is 5.69 Å². The van der Waals surface area contributed by atoms with E-state index in [1.807, 2.05) is 30.3 Å². The van der Waals surface area contributed by atoms with Gasteiger partial charge in [-0.15, -0.1) is 0 Å². The Bertz CT molecular complexity index is 844. The number of imidazole rings is 1. The highest BCUT2D eigenvalue weighted by Crippen LogP contribution is 2.29. The molecule has 0 radical (unpaired) electrons. The van der Waals surface area contributed by atoms with Crippen molar-refractivity contribution in [2.75, 3.05) is 0 Å². The van der Waals surface area contributed by atoms with Gasteiger partial charge in [-0.2, -0.15) is 4.73 Å². The molecule has 23 heavy (non-hydrogen) atoms. The second-order valence-corrected chi connectivity index (χ2v) is 4.85. The number of nitro groups is 1. The molecule has 1 aromatic heterocycles. The summed E-state index contributed by atoms with van der Waals surface area (Å²) in [6.07, 6.45) is 0. The standard InChI is InChI=1S/C16H13N3O3.H2O/c1-11-15(12-6-3-2-4-7-12)17-16(18(11)20)13-8-5-9-14(10-13)19(21)22;/h2-10,20H,1H3;1H2. The molecule has 0 aliphatic carbocycles. The number of hydrogen-bond donors (Lipinski definition) is 1. The van der Waals surface area contributed by atoms with Gasteiger partial charge in [-0.05, 0) is 6.92 Å². The predicted molar refractivity (Wildman–Crippen MR) is 85.3 cm³/mol. The molecule has 0 atom stereocenters. The van der Waals surface area contributed by atoms with E-state index < -0.39 is 4.92 Å². The molecular weight excluding hydrogens is 298 g/mol. The molecule has 0 unspecified atom stereocenters. The predicted octanol–water partition coefficient (Wildman–Crippen LogP) is 2.85. The lowest BCUT2D eigenvalue weighted by atomic mass is 10.1. The zero-order valence-electron chi connectivity index (χ0n) is 12.3. The number of nitro benzene ring substituents is 1. The van der Waals surface area contributed by atoms with Crippen LogP contribution in [0.2, 0.25) is 0 Å². The quantitative estimate of drug-likeness (QED) is 0.455. The van der Waals surface area contributed by atoms with Crippen molar-refractivity contribution in [3.05, 3.63) is 70.4 Å². The van der Waals surface area contributed by atoms with E-state index in [9.17, 15) is 15.3 Å². The molecule has 0 aliphatic heterocycles. The number of rotatable bonds is 3. The van der Waals surface area contributed by atoms with Crippen molar-refractivity contribution in [1.82, 2.24) is 9.71 Å². The Morgan fingerprint density at radius 2 is 1.74 bits per heavy atom. The molecular formula is C16H15N3O4. The molecule has 2 aromatic carbocycles. The zero-order chi connectivity index (χ0) is 15.7. The molecule has 7 nitrogen and oxygen atoms in total. The topological polar surface area (TPSA) is 113 Å². The molecule has 0 bridgehead atoms. The summed E-state index contributed by atoms with van der Waals surface area (Å²) >= 11 is 0. The summed E-state index contributed by atoms with van der Waals surface area (Å²) in [5.74, 6) is 0.278. The summed E-state index contributed by atoms with van der Waals surface area (Å²) in [5.41, 5.74) is 2.54. The van der Waals surface area contributed by atoms with Crippen LogP contribution in [0.1, 0.15) is 5.69 Å². The van der Waals surface area contributed by atoms with Crippen LogP contribution in [0, 0.1) is 17.0 Å². The number of nitrogens with zero attached hydrogens (tertiary/aromatic N) is 3. The van der Waals surface area contributed by atoms with E-state index in [2.05, 4.69) is 4.98 Å². The Hall–Kier alpha value is -3.19. The third-order valence-corrected chi connectivity index (χ3v) is 3.44. The van der Waals surface area contributed by atoms with Crippen molar-refractivity contribution in [2.24, 2.45) is 0 Å². The highest BCUT2D eigenvalue weighted by atomic mass is 16.6. The molecule has 3 aromatic rings. The van der Waals surface area contributed by atoms with E-state index in [1.54, 1.807) is 19.1 Å². The smallest absolute Gasteiger partial charge is 0.270 e. The molecule has 3 N–H and O–H groups in total. The Labute approximate surface area is 131 Å². The molecule has 7 heteroatoms. The van der Waals surface area contributed by atoms with Crippen LogP contribution in [-0.4, -0.2) is 25.3 Å². The Morgan fingerprint density at radius 3 is 2.39 bits per heavy atom. The summed E-state index contributed by atoms with van der Waals surface area (Å²) in [7, 11) is 0. The summed E-state index contributed by atoms with van der Waals surface area (Å²) in [6.45, 7) is 1.75. The summed E-state index contributed by atoms with van der Waals surface area (Å²) < 4.78 is 0.960. The molecule has 0 fully saturated rings. The second kappa shape index (κ2) is 6.29. The number of benzene rings is 2. The van der Waals surface area contributed by atoms with Gasteiger partial charge in [0.05, 0.1) is 16.3 Å². The second-order valence-electron chi connectivity index (χ2n) is 4.85. The van der Waals surface area contributed by atoms with Crippen molar-refractivity contribution in [2.45, 2.75) is 6.92 Å². The SMILES string of the molecule is Cc1c(-c2ccccc2)nc(-c2cccc([N+](=O)[O-])c2)n1O.O. The largest absolute Gasteiger partial charge is 0.427 e. The first kappa shape index (κ1) is 16.2. The van der Waals surface area contributed by atoms with E-state index in [1.165, 1.54) is 12.1 Å². The summed E-state index contributed by atoms with van der Waals surface area (Å²) in [4.78, 5) is 14.8. The van der Waals surface area contributed by atoms with Crippen LogP contribution >= 0.6 is 0 Å². The maximum Gasteiger partial charge on any atom is 0.270 e. The fourth-order valence-corrected chi connectivity index (χ4v) is 2.31. The van der Waals surface area contributed by atoms with Gasteiger partial charge in [0.25, 0.3) is 5.69 Å². The average molecular weight is 313 g/mol. The molecule has 118 valence electrons. The van der Waals surface area contributed by atoms with Gasteiger partial charge < -0.3 is 10.7 Å². The molecule has 3 rings (SSSR count). The highest BCUT2D eigenvalue weighted by molar-refractivity contribution is 5.68. The molecule has 1 heterocycles. The van der Waals surface area contributed by atoms with Crippen molar-refractivity contribution in [3.8, 4) is 22.6 Å². The lowest BCUT2D eigenvalue weighted by Gasteiger charge is -2.01. The monoisotopic (exact) mass is 313 g/mol. The first-order valence-corrected chi connectivity index (χ1v) is 6.67. The van der Waals surface area contributed by atoms with Gasteiger partial charge in [0, 0.05) is 23.3 Å². The van der Waals surface area contributed by atoms with Crippen LogP contribution in [0.25, 0.3) is 22.6 Å². The van der Waals surface area contributed by atoms with Crippen LogP contribution in [0.3, 0.4) is 0 Å². The summed E-state index contributed by atoms with van der Waals surface area (Å²) in [5, 5.41) is 21.1. The normalized spacial score (nSPS) is 10.1. The third-order valence-electron chi connectivity index (χ3n) is 3.44. The molecule has 0 saturated heterocycles. The van der Waals surface area contributed by atoms with Gasteiger partial charge in [-0.3, -0.25) is 10.1 Å². The van der Waals surface area contributed by atoms with E-state index >= 15 is 0 Å². The fourth-order valence-electron chi connectivity index (χ4n) is 2.31. The lowest BCUT2D eigenvalue weighted by Crippen LogP contribution is -1.97. The Balaban J connectivity index is 0.00000192. The van der Waals surface area contributed by atoms with E-state index in [0.717, 1.165) is 10.3 Å². The van der Waals surface area contributed by atoms with Crippen LogP contribution < -0.4 is 0 Å². The molecule has 0 saturated carbocycles. The third kappa shape index (κ3) is 2.90. The van der Waals surface area contributed by atoms with Gasteiger partial charge in [0.15, 0.2) is 5.82 Å². The molecule has 0 amide bonds. The number of aromatic nitrogens is 2. The van der Waals surface area contributed by atoms with Gasteiger partial charge in [-0.25, -0.2) is 4.98 Å². The van der Waals surface area contributed by atoms with Crippen molar-refractivity contribution in [1.29, 1.82) is 0 Å². The van der Waals surface area contributed by atoms with E-state index in [-0.39, 0.29) is 17.0 Å². The molecule has 0 aliphatic rings. The van der Waals surface area contributed by atoms with Gasteiger partial charge in [0.1, 0.15) is 0 Å². The maximum atomic E-state index is 10.9. The van der Waals surface area contributed by atoms with Crippen LogP contribution in [0.4, 0.5) is 5.69 Å². The van der Waals surface area contributed by atoms with Crippen molar-refractivity contribution in [3.63, 3.8) is 0 Å².